The van der Waals surface area contributed by atoms with Crippen molar-refractivity contribution < 1.29 is 0 Å². The normalized spacial score (nSPS) is 15.2. The number of nitrogens with two attached hydrogens (primary N) is 1. The Morgan fingerprint density at radius 1 is 1.39 bits per heavy atom. The minimum absolute atomic E-state index is 0.578. The molecule has 18 heavy (non-hydrogen) atoms. The fraction of sp³-hybridized carbons (Fsp3) is 0.667. The van der Waals surface area contributed by atoms with E-state index in [2.05, 4.69) is 37.8 Å². The molecule has 1 heterocycles. The number of rotatable bonds is 6. The summed E-state index contributed by atoms with van der Waals surface area (Å²) in [5.41, 5.74) is 7.92. The number of nitrogens with zero attached hydrogens (tertiary/aromatic N) is 2. The van der Waals surface area contributed by atoms with Crippen LogP contribution in [-0.4, -0.2) is 17.6 Å². The van der Waals surface area contributed by atoms with Crippen molar-refractivity contribution in [3.63, 3.8) is 0 Å². The van der Waals surface area contributed by atoms with Crippen LogP contribution < -0.4 is 10.6 Å². The van der Waals surface area contributed by atoms with Crippen LogP contribution in [-0.2, 0) is 6.54 Å². The van der Waals surface area contributed by atoms with E-state index in [9.17, 15) is 0 Å². The maximum Gasteiger partial charge on any atom is 0.129 e. The molecular formula is C15H25N3. The average Bonchev–Trinajstić information content (AvgIpc) is 3.13. The molecule has 0 saturated heterocycles. The number of aromatic nitrogens is 1. The number of anilines is 1. The van der Waals surface area contributed by atoms with Crippen molar-refractivity contribution in [3.8, 4) is 0 Å². The Kier molecular flexibility index (Phi) is 4.23. The summed E-state index contributed by atoms with van der Waals surface area (Å²) < 4.78 is 0. The molecule has 0 aromatic carbocycles. The summed E-state index contributed by atoms with van der Waals surface area (Å²) in [5.74, 6) is 1.88. The van der Waals surface area contributed by atoms with E-state index in [4.69, 9.17) is 10.7 Å². The van der Waals surface area contributed by atoms with E-state index in [0.29, 0.717) is 6.54 Å². The predicted molar refractivity (Wildman–Crippen MR) is 76.7 cm³/mol. The zero-order valence-corrected chi connectivity index (χ0v) is 11.8. The van der Waals surface area contributed by atoms with Crippen LogP contribution >= 0.6 is 0 Å². The van der Waals surface area contributed by atoms with Crippen LogP contribution in [0.5, 0.6) is 0 Å². The van der Waals surface area contributed by atoms with Crippen LogP contribution in [0.2, 0.25) is 0 Å². The average molecular weight is 247 g/mol. The molecule has 1 aliphatic rings. The number of hydrogen-bond donors (Lipinski definition) is 1. The molecule has 1 aromatic rings. The molecule has 0 atom stereocenters. The Bertz CT molecular complexity index is 397. The topological polar surface area (TPSA) is 42.2 Å². The van der Waals surface area contributed by atoms with E-state index < -0.39 is 0 Å². The molecule has 2 rings (SSSR count). The van der Waals surface area contributed by atoms with Crippen molar-refractivity contribution in [2.75, 3.05) is 11.4 Å². The zero-order valence-electron chi connectivity index (χ0n) is 11.8. The lowest BCUT2D eigenvalue weighted by Gasteiger charge is -2.25. The predicted octanol–water partition coefficient (Wildman–Crippen LogP) is 2.86. The van der Waals surface area contributed by atoms with E-state index in [0.717, 1.165) is 35.6 Å². The number of aryl methyl sites for hydroxylation is 1. The van der Waals surface area contributed by atoms with Gasteiger partial charge in [0.05, 0.1) is 0 Å². The fourth-order valence-corrected chi connectivity index (χ4v) is 2.22. The lowest BCUT2D eigenvalue weighted by atomic mass is 10.1. The van der Waals surface area contributed by atoms with E-state index in [1.54, 1.807) is 0 Å². The number of hydrogen-bond acceptors (Lipinski definition) is 3. The van der Waals surface area contributed by atoms with Gasteiger partial charge in [0, 0.05) is 24.8 Å². The highest BCUT2D eigenvalue weighted by Gasteiger charge is 2.29. The van der Waals surface area contributed by atoms with Gasteiger partial charge in [0.1, 0.15) is 5.82 Å². The maximum atomic E-state index is 5.69. The van der Waals surface area contributed by atoms with Gasteiger partial charge in [-0.3, -0.25) is 0 Å². The molecule has 1 aromatic heterocycles. The Morgan fingerprint density at radius 3 is 2.61 bits per heavy atom. The highest BCUT2D eigenvalue weighted by molar-refractivity contribution is 5.44. The standard InChI is InChI=1S/C15H25N3/c1-11(2)8-9-18(14-5-6-14)15-7-4-13(10-16)12(3)17-15/h4,7,11,14H,5-6,8-10,16H2,1-3H3. The lowest BCUT2D eigenvalue weighted by Crippen LogP contribution is -2.28. The molecule has 0 aliphatic heterocycles. The highest BCUT2D eigenvalue weighted by Crippen LogP contribution is 2.31. The van der Waals surface area contributed by atoms with Gasteiger partial charge in [0.25, 0.3) is 0 Å². The van der Waals surface area contributed by atoms with Crippen molar-refractivity contribution >= 4 is 5.82 Å². The molecule has 3 heteroatoms. The Labute approximate surface area is 110 Å². The van der Waals surface area contributed by atoms with Gasteiger partial charge in [0.15, 0.2) is 0 Å². The van der Waals surface area contributed by atoms with Crippen LogP contribution in [0.4, 0.5) is 5.82 Å². The molecule has 1 saturated carbocycles. The first kappa shape index (κ1) is 13.3. The third kappa shape index (κ3) is 3.22. The lowest BCUT2D eigenvalue weighted by molar-refractivity contribution is 0.568. The highest BCUT2D eigenvalue weighted by atomic mass is 15.2. The second kappa shape index (κ2) is 5.70. The van der Waals surface area contributed by atoms with Gasteiger partial charge in [-0.1, -0.05) is 19.9 Å². The SMILES string of the molecule is Cc1nc(N(CCC(C)C)C2CC2)ccc1CN. The molecule has 2 N–H and O–H groups in total. The molecule has 1 fully saturated rings. The van der Waals surface area contributed by atoms with Crippen LogP contribution in [0.3, 0.4) is 0 Å². The molecule has 3 nitrogen and oxygen atoms in total. The van der Waals surface area contributed by atoms with Gasteiger partial charge in [-0.15, -0.1) is 0 Å². The second-order valence-electron chi connectivity index (χ2n) is 5.73. The van der Waals surface area contributed by atoms with Crippen LogP contribution in [0, 0.1) is 12.8 Å². The van der Waals surface area contributed by atoms with Gasteiger partial charge < -0.3 is 10.6 Å². The smallest absolute Gasteiger partial charge is 0.129 e. The zero-order chi connectivity index (χ0) is 13.1. The van der Waals surface area contributed by atoms with Crippen LogP contribution in [0.1, 0.15) is 44.4 Å². The summed E-state index contributed by atoms with van der Waals surface area (Å²) in [6, 6.07) is 4.98. The quantitative estimate of drug-likeness (QED) is 0.840. The molecule has 0 radical (unpaired) electrons. The molecule has 1 aliphatic carbocycles. The third-order valence-corrected chi connectivity index (χ3v) is 3.63. The van der Waals surface area contributed by atoms with Crippen LogP contribution in [0.25, 0.3) is 0 Å². The minimum Gasteiger partial charge on any atom is -0.354 e. The molecule has 100 valence electrons. The third-order valence-electron chi connectivity index (χ3n) is 3.63. The van der Waals surface area contributed by atoms with Gasteiger partial charge >= 0.3 is 0 Å². The Hall–Kier alpha value is -1.09. The van der Waals surface area contributed by atoms with Gasteiger partial charge in [-0.2, -0.15) is 0 Å². The van der Waals surface area contributed by atoms with E-state index in [1.807, 2.05) is 0 Å². The summed E-state index contributed by atoms with van der Waals surface area (Å²) in [6.45, 7) is 8.31. The molecule has 0 bridgehead atoms. The fourth-order valence-electron chi connectivity index (χ4n) is 2.22. The molecule has 0 spiro atoms. The minimum atomic E-state index is 0.578. The van der Waals surface area contributed by atoms with Crippen molar-refractivity contribution in [2.24, 2.45) is 11.7 Å². The molecular weight excluding hydrogens is 222 g/mol. The van der Waals surface area contributed by atoms with Crippen LogP contribution in [0.15, 0.2) is 12.1 Å². The van der Waals surface area contributed by atoms with E-state index in [-0.39, 0.29) is 0 Å². The van der Waals surface area contributed by atoms with E-state index >= 15 is 0 Å². The summed E-state index contributed by atoms with van der Waals surface area (Å²) in [6.07, 6.45) is 3.87. The van der Waals surface area contributed by atoms with Crippen molar-refractivity contribution in [1.29, 1.82) is 0 Å². The first-order valence-corrected chi connectivity index (χ1v) is 7.05. The second-order valence-corrected chi connectivity index (χ2v) is 5.73. The van der Waals surface area contributed by atoms with Crippen molar-refractivity contribution in [2.45, 2.75) is 52.6 Å². The first-order chi connectivity index (χ1) is 8.61. The summed E-state index contributed by atoms with van der Waals surface area (Å²) >= 11 is 0. The summed E-state index contributed by atoms with van der Waals surface area (Å²) in [5, 5.41) is 0. The van der Waals surface area contributed by atoms with Crippen molar-refractivity contribution in [1.82, 2.24) is 4.98 Å². The van der Waals surface area contributed by atoms with Gasteiger partial charge in [0.2, 0.25) is 0 Å². The maximum absolute atomic E-state index is 5.69. The van der Waals surface area contributed by atoms with E-state index in [1.165, 1.54) is 19.3 Å². The molecule has 0 unspecified atom stereocenters. The number of pyridine rings is 1. The molecule has 0 amide bonds. The largest absolute Gasteiger partial charge is 0.354 e. The first-order valence-electron chi connectivity index (χ1n) is 7.05. The summed E-state index contributed by atoms with van der Waals surface area (Å²) in [4.78, 5) is 7.21. The monoisotopic (exact) mass is 247 g/mol. The van der Waals surface area contributed by atoms with Gasteiger partial charge in [-0.05, 0) is 43.7 Å². The van der Waals surface area contributed by atoms with Gasteiger partial charge in [-0.25, -0.2) is 4.98 Å². The Morgan fingerprint density at radius 2 is 2.11 bits per heavy atom. The summed E-state index contributed by atoms with van der Waals surface area (Å²) in [7, 11) is 0. The Balaban J connectivity index is 2.12. The van der Waals surface area contributed by atoms with Crippen molar-refractivity contribution in [3.05, 3.63) is 23.4 Å².